The molecule has 2 unspecified atom stereocenters. The maximum atomic E-state index is 5.86. The van der Waals surface area contributed by atoms with Crippen LogP contribution in [0, 0.1) is 6.92 Å². The minimum Gasteiger partial charge on any atom is -0.461 e. The first-order valence-electron chi connectivity index (χ1n) is 5.33. The van der Waals surface area contributed by atoms with Crippen LogP contribution in [0.1, 0.15) is 31.1 Å². The molecule has 0 bridgehead atoms. The Morgan fingerprint density at radius 2 is 1.93 bits per heavy atom. The van der Waals surface area contributed by atoms with Crippen LogP contribution >= 0.6 is 0 Å². The first kappa shape index (κ1) is 10.2. The highest BCUT2D eigenvalue weighted by Crippen LogP contribution is 2.26. The molecule has 1 heterocycles. The van der Waals surface area contributed by atoms with E-state index in [2.05, 4.69) is 32.0 Å². The second kappa shape index (κ2) is 3.70. The molecular formula is C13H17NO. The predicted octanol–water partition coefficient (Wildman–Crippen LogP) is 3.19. The van der Waals surface area contributed by atoms with Crippen molar-refractivity contribution in [2.75, 3.05) is 0 Å². The SMILES string of the molecule is Cc1ccc2oc(C(C)C(C)N)cc2c1. The molecule has 2 nitrogen and oxygen atoms in total. The molecule has 2 N–H and O–H groups in total. The van der Waals surface area contributed by atoms with Crippen LogP contribution in [-0.4, -0.2) is 6.04 Å². The van der Waals surface area contributed by atoms with E-state index in [1.54, 1.807) is 0 Å². The Kier molecular flexibility index (Phi) is 2.53. The molecule has 1 aromatic carbocycles. The van der Waals surface area contributed by atoms with Gasteiger partial charge >= 0.3 is 0 Å². The third kappa shape index (κ3) is 1.90. The van der Waals surface area contributed by atoms with Crippen LogP contribution in [0.2, 0.25) is 0 Å². The summed E-state index contributed by atoms with van der Waals surface area (Å²) in [6.07, 6.45) is 0. The van der Waals surface area contributed by atoms with Gasteiger partial charge in [-0.3, -0.25) is 0 Å². The lowest BCUT2D eigenvalue weighted by Crippen LogP contribution is -2.21. The van der Waals surface area contributed by atoms with Crippen molar-refractivity contribution in [3.63, 3.8) is 0 Å². The summed E-state index contributed by atoms with van der Waals surface area (Å²) in [5, 5.41) is 1.16. The largest absolute Gasteiger partial charge is 0.461 e. The average molecular weight is 203 g/mol. The number of benzene rings is 1. The number of hydrogen-bond donors (Lipinski definition) is 1. The van der Waals surface area contributed by atoms with Crippen LogP contribution in [0.25, 0.3) is 11.0 Å². The summed E-state index contributed by atoms with van der Waals surface area (Å²) in [5.41, 5.74) is 8.06. The van der Waals surface area contributed by atoms with Crippen LogP contribution in [0.4, 0.5) is 0 Å². The van der Waals surface area contributed by atoms with Crippen molar-refractivity contribution in [3.8, 4) is 0 Å². The lowest BCUT2D eigenvalue weighted by atomic mass is 10.0. The van der Waals surface area contributed by atoms with Crippen LogP contribution in [0.3, 0.4) is 0 Å². The maximum Gasteiger partial charge on any atom is 0.134 e. The molecule has 0 aliphatic heterocycles. The molecule has 1 aromatic heterocycles. The first-order valence-corrected chi connectivity index (χ1v) is 5.33. The molecule has 2 atom stereocenters. The topological polar surface area (TPSA) is 39.2 Å². The average Bonchev–Trinajstić information content (AvgIpc) is 2.58. The zero-order valence-electron chi connectivity index (χ0n) is 9.45. The maximum absolute atomic E-state index is 5.86. The van der Waals surface area contributed by atoms with Gasteiger partial charge in [-0.15, -0.1) is 0 Å². The smallest absolute Gasteiger partial charge is 0.134 e. The van der Waals surface area contributed by atoms with Gasteiger partial charge < -0.3 is 10.2 Å². The van der Waals surface area contributed by atoms with Crippen molar-refractivity contribution < 1.29 is 4.42 Å². The number of fused-ring (bicyclic) bond motifs is 1. The molecule has 0 spiro atoms. The summed E-state index contributed by atoms with van der Waals surface area (Å²) in [5.74, 6) is 1.24. The van der Waals surface area contributed by atoms with E-state index in [-0.39, 0.29) is 12.0 Å². The van der Waals surface area contributed by atoms with Crippen molar-refractivity contribution in [3.05, 3.63) is 35.6 Å². The van der Waals surface area contributed by atoms with Gasteiger partial charge in [-0.25, -0.2) is 0 Å². The fourth-order valence-electron chi connectivity index (χ4n) is 1.67. The molecular weight excluding hydrogens is 186 g/mol. The number of hydrogen-bond acceptors (Lipinski definition) is 2. The Labute approximate surface area is 90.1 Å². The van der Waals surface area contributed by atoms with Gasteiger partial charge in [0.05, 0.1) is 0 Å². The minimum absolute atomic E-state index is 0.117. The highest BCUT2D eigenvalue weighted by molar-refractivity contribution is 5.78. The fourth-order valence-corrected chi connectivity index (χ4v) is 1.67. The number of rotatable bonds is 2. The van der Waals surface area contributed by atoms with Gasteiger partial charge in [0.1, 0.15) is 11.3 Å². The Hall–Kier alpha value is -1.28. The predicted molar refractivity (Wildman–Crippen MR) is 63.0 cm³/mol. The number of aryl methyl sites for hydroxylation is 1. The Morgan fingerprint density at radius 1 is 1.20 bits per heavy atom. The Bertz CT molecular complexity index is 470. The number of furan rings is 1. The summed E-state index contributed by atoms with van der Waals surface area (Å²) in [7, 11) is 0. The third-order valence-electron chi connectivity index (χ3n) is 2.93. The molecule has 2 heteroatoms. The highest BCUT2D eigenvalue weighted by atomic mass is 16.3. The highest BCUT2D eigenvalue weighted by Gasteiger charge is 2.15. The van der Waals surface area contributed by atoms with Gasteiger partial charge in [-0.05, 0) is 32.0 Å². The lowest BCUT2D eigenvalue weighted by Gasteiger charge is -2.11. The van der Waals surface area contributed by atoms with Gasteiger partial charge in [-0.2, -0.15) is 0 Å². The van der Waals surface area contributed by atoms with E-state index in [1.807, 2.05) is 13.0 Å². The molecule has 15 heavy (non-hydrogen) atoms. The van der Waals surface area contributed by atoms with Crippen molar-refractivity contribution in [2.24, 2.45) is 5.73 Å². The van der Waals surface area contributed by atoms with E-state index in [0.717, 1.165) is 16.7 Å². The molecule has 0 amide bonds. The Balaban J connectivity index is 2.47. The van der Waals surface area contributed by atoms with E-state index < -0.39 is 0 Å². The van der Waals surface area contributed by atoms with Crippen molar-refractivity contribution in [1.29, 1.82) is 0 Å². The quantitative estimate of drug-likeness (QED) is 0.814. The lowest BCUT2D eigenvalue weighted by molar-refractivity contribution is 0.469. The van der Waals surface area contributed by atoms with Crippen molar-refractivity contribution in [1.82, 2.24) is 0 Å². The van der Waals surface area contributed by atoms with Crippen LogP contribution in [0.15, 0.2) is 28.7 Å². The van der Waals surface area contributed by atoms with E-state index >= 15 is 0 Å². The molecule has 2 rings (SSSR count). The van der Waals surface area contributed by atoms with E-state index in [0.29, 0.717) is 0 Å². The summed E-state index contributed by atoms with van der Waals surface area (Å²) < 4.78 is 5.77. The van der Waals surface area contributed by atoms with Gasteiger partial charge in [0.2, 0.25) is 0 Å². The summed E-state index contributed by atoms with van der Waals surface area (Å²) in [6.45, 7) is 6.18. The van der Waals surface area contributed by atoms with Crippen LogP contribution in [-0.2, 0) is 0 Å². The fraction of sp³-hybridized carbons (Fsp3) is 0.385. The van der Waals surface area contributed by atoms with Crippen molar-refractivity contribution >= 4 is 11.0 Å². The zero-order valence-corrected chi connectivity index (χ0v) is 9.45. The molecule has 2 aromatic rings. The van der Waals surface area contributed by atoms with Gasteiger partial charge in [0, 0.05) is 17.3 Å². The van der Waals surface area contributed by atoms with Gasteiger partial charge in [0.25, 0.3) is 0 Å². The Morgan fingerprint density at radius 3 is 2.60 bits per heavy atom. The molecule has 0 fully saturated rings. The monoisotopic (exact) mass is 203 g/mol. The standard InChI is InChI=1S/C13H17NO/c1-8-4-5-12-11(6-8)7-13(15-12)9(2)10(3)14/h4-7,9-10H,14H2,1-3H3. The van der Waals surface area contributed by atoms with E-state index in [4.69, 9.17) is 10.2 Å². The molecule has 0 radical (unpaired) electrons. The zero-order chi connectivity index (χ0) is 11.0. The van der Waals surface area contributed by atoms with Crippen LogP contribution in [0.5, 0.6) is 0 Å². The van der Waals surface area contributed by atoms with E-state index in [1.165, 1.54) is 5.56 Å². The van der Waals surface area contributed by atoms with Crippen molar-refractivity contribution in [2.45, 2.75) is 32.7 Å². The van der Waals surface area contributed by atoms with Gasteiger partial charge in [0.15, 0.2) is 0 Å². The summed E-state index contributed by atoms with van der Waals surface area (Å²) in [6, 6.07) is 8.42. The molecule has 0 aliphatic rings. The third-order valence-corrected chi connectivity index (χ3v) is 2.93. The summed E-state index contributed by atoms with van der Waals surface area (Å²) >= 11 is 0. The normalized spacial score (nSPS) is 15.5. The summed E-state index contributed by atoms with van der Waals surface area (Å²) in [4.78, 5) is 0. The van der Waals surface area contributed by atoms with E-state index in [9.17, 15) is 0 Å². The molecule has 0 saturated heterocycles. The second-order valence-corrected chi connectivity index (χ2v) is 4.34. The molecule has 0 aliphatic carbocycles. The second-order valence-electron chi connectivity index (χ2n) is 4.34. The minimum atomic E-state index is 0.117. The first-order chi connectivity index (χ1) is 7.08. The number of nitrogens with two attached hydrogens (primary N) is 1. The molecule has 80 valence electrons. The molecule has 0 saturated carbocycles. The van der Waals surface area contributed by atoms with Gasteiger partial charge in [-0.1, -0.05) is 18.6 Å². The van der Waals surface area contributed by atoms with Crippen LogP contribution < -0.4 is 5.73 Å².